The summed E-state index contributed by atoms with van der Waals surface area (Å²) in [4.78, 5) is 14.1. The summed E-state index contributed by atoms with van der Waals surface area (Å²) < 4.78 is 11.0. The van der Waals surface area contributed by atoms with Crippen molar-refractivity contribution >= 4 is 17.5 Å². The number of furan rings is 1. The molecule has 20 heavy (non-hydrogen) atoms. The molecule has 0 fully saturated rings. The first-order valence-electron chi connectivity index (χ1n) is 6.28. The molecule has 0 aliphatic carbocycles. The van der Waals surface area contributed by atoms with E-state index in [9.17, 15) is 0 Å². The lowest BCUT2D eigenvalue weighted by atomic mass is 10.4. The second-order valence-corrected chi connectivity index (χ2v) is 5.06. The van der Waals surface area contributed by atoms with Gasteiger partial charge in [-0.1, -0.05) is 0 Å². The Balaban J connectivity index is 2.16. The standard InChI is InChI=1S/C13H17ClN4O2/c1-8(2)19-13-16-11(14)15-12(17-13)18(4)7-10-6-5-9(3)20-10/h5-6,8H,7H2,1-4H3. The van der Waals surface area contributed by atoms with Gasteiger partial charge in [0.05, 0.1) is 12.6 Å². The van der Waals surface area contributed by atoms with E-state index in [-0.39, 0.29) is 17.4 Å². The van der Waals surface area contributed by atoms with E-state index in [1.165, 1.54) is 0 Å². The quantitative estimate of drug-likeness (QED) is 0.845. The van der Waals surface area contributed by atoms with Crippen molar-refractivity contribution in [1.29, 1.82) is 0 Å². The molecule has 0 saturated carbocycles. The maximum absolute atomic E-state index is 5.89. The van der Waals surface area contributed by atoms with Crippen LogP contribution >= 0.6 is 11.6 Å². The first-order chi connectivity index (χ1) is 9.44. The van der Waals surface area contributed by atoms with Crippen LogP contribution in [0.5, 0.6) is 6.01 Å². The minimum Gasteiger partial charge on any atom is -0.464 e. The van der Waals surface area contributed by atoms with Crippen LogP contribution in [0.1, 0.15) is 25.4 Å². The Kier molecular flexibility index (Phi) is 4.44. The fraction of sp³-hybridized carbons (Fsp3) is 0.462. The van der Waals surface area contributed by atoms with Gasteiger partial charge in [-0.2, -0.15) is 15.0 Å². The van der Waals surface area contributed by atoms with Gasteiger partial charge in [0.2, 0.25) is 11.2 Å². The van der Waals surface area contributed by atoms with Crippen molar-refractivity contribution in [3.05, 3.63) is 28.9 Å². The smallest absolute Gasteiger partial charge is 0.322 e. The summed E-state index contributed by atoms with van der Waals surface area (Å²) >= 11 is 5.89. The normalized spacial score (nSPS) is 10.9. The molecule has 0 saturated heterocycles. The van der Waals surface area contributed by atoms with E-state index in [0.717, 1.165) is 11.5 Å². The Morgan fingerprint density at radius 1 is 1.30 bits per heavy atom. The van der Waals surface area contributed by atoms with Crippen LogP contribution in [-0.4, -0.2) is 28.1 Å². The molecule has 2 aromatic heterocycles. The largest absolute Gasteiger partial charge is 0.464 e. The van der Waals surface area contributed by atoms with E-state index in [2.05, 4.69) is 15.0 Å². The third kappa shape index (κ3) is 3.84. The fourth-order valence-corrected chi connectivity index (χ4v) is 1.78. The number of aromatic nitrogens is 3. The van der Waals surface area contributed by atoms with Crippen LogP contribution in [0.3, 0.4) is 0 Å². The van der Waals surface area contributed by atoms with Crippen LogP contribution in [0.15, 0.2) is 16.5 Å². The van der Waals surface area contributed by atoms with E-state index in [1.54, 1.807) is 0 Å². The van der Waals surface area contributed by atoms with Gasteiger partial charge in [0.15, 0.2) is 0 Å². The average molecular weight is 297 g/mol. The summed E-state index contributed by atoms with van der Waals surface area (Å²) in [5.41, 5.74) is 0. The van der Waals surface area contributed by atoms with Crippen molar-refractivity contribution in [2.75, 3.05) is 11.9 Å². The summed E-state index contributed by atoms with van der Waals surface area (Å²) in [5, 5.41) is 0.105. The number of rotatable bonds is 5. The summed E-state index contributed by atoms with van der Waals surface area (Å²) in [6.45, 7) is 6.23. The zero-order valence-corrected chi connectivity index (χ0v) is 12.7. The van der Waals surface area contributed by atoms with E-state index in [4.69, 9.17) is 20.8 Å². The maximum Gasteiger partial charge on any atom is 0.322 e. The molecule has 0 aliphatic rings. The highest BCUT2D eigenvalue weighted by Gasteiger charge is 2.13. The molecule has 0 spiro atoms. The Hall–Kier alpha value is -1.82. The van der Waals surface area contributed by atoms with Crippen LogP contribution in [0.25, 0.3) is 0 Å². The van der Waals surface area contributed by atoms with Crippen molar-refractivity contribution in [2.24, 2.45) is 0 Å². The highest BCUT2D eigenvalue weighted by molar-refractivity contribution is 6.28. The van der Waals surface area contributed by atoms with Gasteiger partial charge in [-0.05, 0) is 44.5 Å². The van der Waals surface area contributed by atoms with E-state index in [1.807, 2.05) is 44.9 Å². The van der Waals surface area contributed by atoms with Crippen LogP contribution in [-0.2, 0) is 6.54 Å². The molecular weight excluding hydrogens is 280 g/mol. The van der Waals surface area contributed by atoms with E-state index in [0.29, 0.717) is 12.5 Å². The molecule has 6 nitrogen and oxygen atoms in total. The molecule has 0 aliphatic heterocycles. The highest BCUT2D eigenvalue weighted by Crippen LogP contribution is 2.17. The Morgan fingerprint density at radius 2 is 2.05 bits per heavy atom. The van der Waals surface area contributed by atoms with Crippen LogP contribution in [0.4, 0.5) is 5.95 Å². The molecule has 7 heteroatoms. The molecule has 0 amide bonds. The van der Waals surface area contributed by atoms with Crippen molar-refractivity contribution in [3.63, 3.8) is 0 Å². The van der Waals surface area contributed by atoms with Gasteiger partial charge >= 0.3 is 6.01 Å². The first kappa shape index (κ1) is 14.6. The third-order valence-electron chi connectivity index (χ3n) is 2.45. The zero-order valence-electron chi connectivity index (χ0n) is 11.9. The monoisotopic (exact) mass is 296 g/mol. The van der Waals surface area contributed by atoms with Crippen molar-refractivity contribution in [3.8, 4) is 6.01 Å². The highest BCUT2D eigenvalue weighted by atomic mass is 35.5. The van der Waals surface area contributed by atoms with Crippen LogP contribution < -0.4 is 9.64 Å². The van der Waals surface area contributed by atoms with Gasteiger partial charge < -0.3 is 14.1 Å². The summed E-state index contributed by atoms with van der Waals surface area (Å²) in [6, 6.07) is 4.05. The topological polar surface area (TPSA) is 64.3 Å². The van der Waals surface area contributed by atoms with E-state index >= 15 is 0 Å². The summed E-state index contributed by atoms with van der Waals surface area (Å²) in [5.74, 6) is 2.13. The Bertz CT molecular complexity index is 586. The SMILES string of the molecule is Cc1ccc(CN(C)c2nc(Cl)nc(OC(C)C)n2)o1. The van der Waals surface area contributed by atoms with Crippen LogP contribution in [0.2, 0.25) is 5.28 Å². The molecule has 0 radical (unpaired) electrons. The first-order valence-corrected chi connectivity index (χ1v) is 6.66. The van der Waals surface area contributed by atoms with Gasteiger partial charge in [-0.25, -0.2) is 0 Å². The lowest BCUT2D eigenvalue weighted by Crippen LogP contribution is -2.20. The number of hydrogen-bond acceptors (Lipinski definition) is 6. The Labute approximate surface area is 122 Å². The van der Waals surface area contributed by atoms with Gasteiger partial charge in [0, 0.05) is 7.05 Å². The molecule has 2 aromatic rings. The predicted octanol–water partition coefficient (Wildman–Crippen LogP) is 2.85. The maximum atomic E-state index is 5.89. The molecule has 0 bridgehead atoms. The third-order valence-corrected chi connectivity index (χ3v) is 2.62. The molecular formula is C13H17ClN4O2. The van der Waals surface area contributed by atoms with E-state index < -0.39 is 0 Å². The second kappa shape index (κ2) is 6.09. The second-order valence-electron chi connectivity index (χ2n) is 4.72. The minimum atomic E-state index is -0.0284. The summed E-state index contributed by atoms with van der Waals surface area (Å²) in [6.07, 6.45) is -0.0284. The fourth-order valence-electron chi connectivity index (χ4n) is 1.63. The van der Waals surface area contributed by atoms with Gasteiger partial charge in [0.25, 0.3) is 0 Å². The van der Waals surface area contributed by atoms with Crippen molar-refractivity contribution in [1.82, 2.24) is 15.0 Å². The lowest BCUT2D eigenvalue weighted by molar-refractivity contribution is 0.221. The minimum absolute atomic E-state index is 0.0284. The molecule has 0 aromatic carbocycles. The van der Waals surface area contributed by atoms with Gasteiger partial charge in [0.1, 0.15) is 11.5 Å². The number of aryl methyl sites for hydroxylation is 1. The number of hydrogen-bond donors (Lipinski definition) is 0. The zero-order chi connectivity index (χ0) is 14.7. The lowest BCUT2D eigenvalue weighted by Gasteiger charge is -2.16. The van der Waals surface area contributed by atoms with Gasteiger partial charge in [-0.15, -0.1) is 0 Å². The van der Waals surface area contributed by atoms with Crippen LogP contribution in [0, 0.1) is 6.92 Å². The number of nitrogens with zero attached hydrogens (tertiary/aromatic N) is 4. The molecule has 0 unspecified atom stereocenters. The van der Waals surface area contributed by atoms with Crippen molar-refractivity contribution in [2.45, 2.75) is 33.4 Å². The molecule has 2 heterocycles. The predicted molar refractivity (Wildman–Crippen MR) is 76.2 cm³/mol. The molecule has 108 valence electrons. The number of anilines is 1. The van der Waals surface area contributed by atoms with Crippen molar-refractivity contribution < 1.29 is 9.15 Å². The molecule has 0 N–H and O–H groups in total. The van der Waals surface area contributed by atoms with Gasteiger partial charge in [-0.3, -0.25) is 0 Å². The molecule has 0 atom stereocenters. The number of ether oxygens (including phenoxy) is 1. The average Bonchev–Trinajstić information content (AvgIpc) is 2.73. The molecule has 2 rings (SSSR count). The summed E-state index contributed by atoms with van der Waals surface area (Å²) in [7, 11) is 1.85. The Morgan fingerprint density at radius 3 is 2.65 bits per heavy atom. The number of halogens is 1.